The number of rotatable bonds is 5. The van der Waals surface area contributed by atoms with Crippen LogP contribution < -0.4 is 14.8 Å². The van der Waals surface area contributed by atoms with E-state index >= 15 is 0 Å². The number of piperidine rings is 1. The first-order valence-corrected chi connectivity index (χ1v) is 9.58. The predicted octanol–water partition coefficient (Wildman–Crippen LogP) is 3.09. The smallest absolute Gasteiger partial charge is 0.289 e. The van der Waals surface area contributed by atoms with Gasteiger partial charge in [-0.1, -0.05) is 0 Å². The van der Waals surface area contributed by atoms with E-state index in [1.54, 1.807) is 29.2 Å². The number of amides is 2. The number of nitrogens with one attached hydrogen (secondary N) is 1. The number of furan rings is 1. The molecule has 0 radical (unpaired) electrons. The van der Waals surface area contributed by atoms with Crippen LogP contribution in [0.3, 0.4) is 0 Å². The van der Waals surface area contributed by atoms with E-state index in [9.17, 15) is 14.4 Å². The molecule has 0 bridgehead atoms. The summed E-state index contributed by atoms with van der Waals surface area (Å²) >= 11 is 0. The van der Waals surface area contributed by atoms with E-state index in [-0.39, 0.29) is 30.3 Å². The molecule has 8 nitrogen and oxygen atoms in total. The predicted molar refractivity (Wildman–Crippen MR) is 103 cm³/mol. The van der Waals surface area contributed by atoms with E-state index in [1.165, 1.54) is 13.2 Å². The van der Waals surface area contributed by atoms with Crippen molar-refractivity contribution in [1.29, 1.82) is 0 Å². The van der Waals surface area contributed by atoms with Gasteiger partial charge >= 0.3 is 0 Å². The summed E-state index contributed by atoms with van der Waals surface area (Å²) in [5, 5.41) is 2.83. The highest BCUT2D eigenvalue weighted by molar-refractivity contribution is 6.04. The van der Waals surface area contributed by atoms with Crippen molar-refractivity contribution >= 4 is 23.3 Å². The zero-order valence-corrected chi connectivity index (χ0v) is 16.1. The van der Waals surface area contributed by atoms with Gasteiger partial charge in [0.1, 0.15) is 0 Å². The van der Waals surface area contributed by atoms with Crippen molar-refractivity contribution in [3.8, 4) is 11.5 Å². The van der Waals surface area contributed by atoms with Crippen LogP contribution in [0.15, 0.2) is 34.9 Å². The molecule has 29 heavy (non-hydrogen) atoms. The molecular formula is C21H22N2O6. The second kappa shape index (κ2) is 7.98. The van der Waals surface area contributed by atoms with E-state index in [2.05, 4.69) is 5.32 Å². The maximum absolute atomic E-state index is 12.6. The van der Waals surface area contributed by atoms with Gasteiger partial charge in [-0.3, -0.25) is 14.4 Å². The van der Waals surface area contributed by atoms with E-state index in [1.807, 2.05) is 0 Å². The number of ether oxygens (including phenoxy) is 2. The van der Waals surface area contributed by atoms with Crippen LogP contribution in [-0.4, -0.2) is 42.4 Å². The highest BCUT2D eigenvalue weighted by Crippen LogP contribution is 2.37. The molecule has 8 heteroatoms. The fourth-order valence-electron chi connectivity index (χ4n) is 3.70. The topological polar surface area (TPSA) is 98.1 Å². The minimum atomic E-state index is -0.165. The molecule has 0 unspecified atom stereocenters. The van der Waals surface area contributed by atoms with Gasteiger partial charge in [0.2, 0.25) is 12.7 Å². The van der Waals surface area contributed by atoms with Crippen LogP contribution in [0.1, 0.15) is 47.1 Å². The molecular weight excluding hydrogens is 376 g/mol. The lowest BCUT2D eigenvalue weighted by Gasteiger charge is -2.31. The lowest BCUT2D eigenvalue weighted by Crippen LogP contribution is -2.39. The second-order valence-corrected chi connectivity index (χ2v) is 7.27. The lowest BCUT2D eigenvalue weighted by atomic mass is 9.93. The van der Waals surface area contributed by atoms with Crippen molar-refractivity contribution in [2.24, 2.45) is 5.92 Å². The summed E-state index contributed by atoms with van der Waals surface area (Å²) in [5.74, 6) is 1.07. The van der Waals surface area contributed by atoms with Gasteiger partial charge < -0.3 is 24.1 Å². The van der Waals surface area contributed by atoms with Crippen molar-refractivity contribution < 1.29 is 28.3 Å². The van der Waals surface area contributed by atoms with Crippen molar-refractivity contribution in [2.75, 3.05) is 25.2 Å². The summed E-state index contributed by atoms with van der Waals surface area (Å²) < 4.78 is 15.8. The Hall–Kier alpha value is -3.29. The average molecular weight is 398 g/mol. The average Bonchev–Trinajstić information content (AvgIpc) is 3.39. The maximum Gasteiger partial charge on any atom is 0.289 e. The number of hydrogen-bond donors (Lipinski definition) is 1. The summed E-state index contributed by atoms with van der Waals surface area (Å²) in [6, 6.07) is 6.57. The number of Topliss-reactive ketones (excluding diaryl/α,β-unsaturated/α-hetero) is 1. The lowest BCUT2D eigenvalue weighted by molar-refractivity contribution is -0.117. The largest absolute Gasteiger partial charge is 0.459 e. The van der Waals surface area contributed by atoms with Gasteiger partial charge in [0.25, 0.3) is 5.91 Å². The van der Waals surface area contributed by atoms with E-state index in [0.717, 1.165) is 12.8 Å². The van der Waals surface area contributed by atoms with E-state index < -0.39 is 0 Å². The SMILES string of the molecule is CC(=O)c1cc2c(cc1NC(=O)CC1CCN(C(=O)c3ccco3)CC1)OCO2. The summed E-state index contributed by atoms with van der Waals surface area (Å²) in [4.78, 5) is 38.6. The zero-order valence-electron chi connectivity index (χ0n) is 16.1. The van der Waals surface area contributed by atoms with Gasteiger partial charge in [-0.05, 0) is 43.9 Å². The normalized spacial score (nSPS) is 16.0. The van der Waals surface area contributed by atoms with Gasteiger partial charge in [-0.2, -0.15) is 0 Å². The number of fused-ring (bicyclic) bond motifs is 1. The van der Waals surface area contributed by atoms with Crippen LogP contribution in [0.25, 0.3) is 0 Å². The Kier molecular flexibility index (Phi) is 5.24. The molecule has 2 aliphatic heterocycles. The molecule has 0 atom stereocenters. The fraction of sp³-hybridized carbons (Fsp3) is 0.381. The standard InChI is InChI=1S/C21H22N2O6/c1-13(24)15-10-18-19(29-12-28-18)11-16(15)22-20(25)9-14-4-6-23(7-5-14)21(26)17-3-2-8-27-17/h2-3,8,10-11,14H,4-7,9,12H2,1H3,(H,22,25). The Morgan fingerprint density at radius 2 is 1.86 bits per heavy atom. The van der Waals surface area contributed by atoms with Gasteiger partial charge in [-0.25, -0.2) is 0 Å². The Bertz CT molecular complexity index is 929. The molecule has 1 fully saturated rings. The fourth-order valence-corrected chi connectivity index (χ4v) is 3.70. The molecule has 2 aromatic rings. The molecule has 4 rings (SSSR count). The highest BCUT2D eigenvalue weighted by Gasteiger charge is 2.27. The summed E-state index contributed by atoms with van der Waals surface area (Å²) in [6.45, 7) is 2.71. The number of carbonyl (C=O) groups is 3. The molecule has 0 spiro atoms. The number of nitrogens with zero attached hydrogens (tertiary/aromatic N) is 1. The van der Waals surface area contributed by atoms with Crippen LogP contribution in [0, 0.1) is 5.92 Å². The number of ketones is 1. The zero-order chi connectivity index (χ0) is 20.4. The number of anilines is 1. The first-order valence-electron chi connectivity index (χ1n) is 9.58. The first-order chi connectivity index (χ1) is 14.0. The molecule has 0 aliphatic carbocycles. The molecule has 0 saturated carbocycles. The molecule has 3 heterocycles. The van der Waals surface area contributed by atoms with Crippen LogP contribution >= 0.6 is 0 Å². The summed E-state index contributed by atoms with van der Waals surface area (Å²) in [5.41, 5.74) is 0.818. The molecule has 1 aromatic carbocycles. The summed E-state index contributed by atoms with van der Waals surface area (Å²) in [6.07, 6.45) is 3.28. The van der Waals surface area contributed by atoms with Crippen molar-refractivity contribution in [3.63, 3.8) is 0 Å². The molecule has 1 saturated heterocycles. The van der Waals surface area contributed by atoms with Gasteiger partial charge in [0.05, 0.1) is 12.0 Å². The van der Waals surface area contributed by atoms with Crippen LogP contribution in [-0.2, 0) is 4.79 Å². The number of benzene rings is 1. The van der Waals surface area contributed by atoms with Crippen molar-refractivity contribution in [3.05, 3.63) is 41.9 Å². The van der Waals surface area contributed by atoms with Crippen LogP contribution in [0.5, 0.6) is 11.5 Å². The Morgan fingerprint density at radius 3 is 2.52 bits per heavy atom. The third kappa shape index (κ3) is 4.11. The number of likely N-dealkylation sites (tertiary alicyclic amines) is 1. The third-order valence-corrected chi connectivity index (χ3v) is 5.27. The van der Waals surface area contributed by atoms with E-state index in [0.29, 0.717) is 48.0 Å². The molecule has 1 aromatic heterocycles. The quantitative estimate of drug-likeness (QED) is 0.777. The number of carbonyl (C=O) groups excluding carboxylic acids is 3. The summed E-state index contributed by atoms with van der Waals surface area (Å²) in [7, 11) is 0. The molecule has 152 valence electrons. The molecule has 2 aliphatic rings. The highest BCUT2D eigenvalue weighted by atomic mass is 16.7. The number of hydrogen-bond acceptors (Lipinski definition) is 6. The minimum absolute atomic E-state index is 0.0966. The molecule has 2 amide bonds. The monoisotopic (exact) mass is 398 g/mol. The van der Waals surface area contributed by atoms with Gasteiger partial charge in [0, 0.05) is 31.1 Å². The Labute approximate surface area is 167 Å². The third-order valence-electron chi connectivity index (χ3n) is 5.27. The minimum Gasteiger partial charge on any atom is -0.459 e. The van der Waals surface area contributed by atoms with E-state index in [4.69, 9.17) is 13.9 Å². The van der Waals surface area contributed by atoms with Crippen LogP contribution in [0.4, 0.5) is 5.69 Å². The van der Waals surface area contributed by atoms with Crippen molar-refractivity contribution in [1.82, 2.24) is 4.90 Å². The van der Waals surface area contributed by atoms with Gasteiger partial charge in [-0.15, -0.1) is 0 Å². The van der Waals surface area contributed by atoms with Crippen molar-refractivity contribution in [2.45, 2.75) is 26.2 Å². The maximum atomic E-state index is 12.6. The van der Waals surface area contributed by atoms with Crippen LogP contribution in [0.2, 0.25) is 0 Å². The van der Waals surface area contributed by atoms with Gasteiger partial charge in [0.15, 0.2) is 23.0 Å². The first kappa shape index (κ1) is 19.0. The Balaban J connectivity index is 1.34. The Morgan fingerprint density at radius 1 is 1.14 bits per heavy atom. The second-order valence-electron chi connectivity index (χ2n) is 7.27. The molecule has 1 N–H and O–H groups in total.